The predicted molar refractivity (Wildman–Crippen MR) is 68.8 cm³/mol. The second kappa shape index (κ2) is 3.99. The Balaban J connectivity index is 2.14. The van der Waals surface area contributed by atoms with Crippen LogP contribution in [0, 0.1) is 0 Å². The van der Waals surface area contributed by atoms with E-state index in [2.05, 4.69) is 10.2 Å². The molecule has 3 rings (SSSR count). The molecule has 2 aromatic heterocycles. The molecular formula is C12H8F3N3S. The van der Waals surface area contributed by atoms with E-state index in [1.165, 1.54) is 23.6 Å². The smallest absolute Gasteiger partial charge is 0.396 e. The summed E-state index contributed by atoms with van der Waals surface area (Å²) in [7, 11) is 0. The highest BCUT2D eigenvalue weighted by atomic mass is 32.1. The molecule has 3 nitrogen and oxygen atoms in total. The summed E-state index contributed by atoms with van der Waals surface area (Å²) in [5.41, 5.74) is 6.18. The molecule has 3 N–H and O–H groups in total. The first-order chi connectivity index (χ1) is 8.95. The summed E-state index contributed by atoms with van der Waals surface area (Å²) in [6.07, 6.45) is -2.86. The molecule has 0 saturated carbocycles. The van der Waals surface area contributed by atoms with Gasteiger partial charge in [-0.05, 0) is 29.7 Å². The van der Waals surface area contributed by atoms with Crippen LogP contribution >= 0.6 is 11.3 Å². The van der Waals surface area contributed by atoms with Gasteiger partial charge in [0.15, 0.2) is 0 Å². The molecule has 7 heteroatoms. The molecule has 0 atom stereocenters. The molecule has 2 heterocycles. The van der Waals surface area contributed by atoms with Gasteiger partial charge in [0.25, 0.3) is 0 Å². The summed E-state index contributed by atoms with van der Waals surface area (Å²) in [4.78, 5) is 0.768. The Morgan fingerprint density at radius 1 is 1.21 bits per heavy atom. The summed E-state index contributed by atoms with van der Waals surface area (Å²) >= 11 is 1.37. The number of halogens is 3. The zero-order chi connectivity index (χ0) is 13.6. The van der Waals surface area contributed by atoms with E-state index < -0.39 is 11.7 Å². The van der Waals surface area contributed by atoms with Gasteiger partial charge in [-0.3, -0.25) is 5.10 Å². The van der Waals surface area contributed by atoms with Crippen LogP contribution in [0.5, 0.6) is 0 Å². The number of rotatable bonds is 1. The first-order valence-electron chi connectivity index (χ1n) is 5.35. The van der Waals surface area contributed by atoms with E-state index in [9.17, 15) is 13.2 Å². The fourth-order valence-electron chi connectivity index (χ4n) is 1.84. The SMILES string of the molecule is Nc1cn[nH]c1-c1cc2cc(C(F)(F)F)ccc2s1. The lowest BCUT2D eigenvalue weighted by molar-refractivity contribution is -0.137. The molecular weight excluding hydrogens is 275 g/mol. The van der Waals surface area contributed by atoms with E-state index in [0.29, 0.717) is 16.8 Å². The number of aromatic nitrogens is 2. The fourth-order valence-corrected chi connectivity index (χ4v) is 2.90. The van der Waals surface area contributed by atoms with Crippen molar-refractivity contribution in [2.24, 2.45) is 0 Å². The van der Waals surface area contributed by atoms with Crippen molar-refractivity contribution in [1.29, 1.82) is 0 Å². The van der Waals surface area contributed by atoms with Crippen LogP contribution < -0.4 is 5.73 Å². The molecule has 0 spiro atoms. The number of alkyl halides is 3. The quantitative estimate of drug-likeness (QED) is 0.711. The lowest BCUT2D eigenvalue weighted by Crippen LogP contribution is -2.03. The van der Waals surface area contributed by atoms with Crippen molar-refractivity contribution >= 4 is 27.1 Å². The maximum atomic E-state index is 12.6. The number of H-pyrrole nitrogens is 1. The third-order valence-electron chi connectivity index (χ3n) is 2.76. The number of benzene rings is 1. The molecule has 98 valence electrons. The van der Waals surface area contributed by atoms with Gasteiger partial charge in [0.1, 0.15) is 0 Å². The van der Waals surface area contributed by atoms with Crippen molar-refractivity contribution in [3.8, 4) is 10.6 Å². The maximum Gasteiger partial charge on any atom is 0.416 e. The van der Waals surface area contributed by atoms with Gasteiger partial charge < -0.3 is 5.73 Å². The average molecular weight is 283 g/mol. The Bertz CT molecular complexity index is 742. The summed E-state index contributed by atoms with van der Waals surface area (Å²) in [6.45, 7) is 0. The number of aromatic amines is 1. The van der Waals surface area contributed by atoms with Crippen molar-refractivity contribution < 1.29 is 13.2 Å². The topological polar surface area (TPSA) is 54.7 Å². The van der Waals surface area contributed by atoms with Crippen molar-refractivity contribution in [2.45, 2.75) is 6.18 Å². The largest absolute Gasteiger partial charge is 0.416 e. The minimum Gasteiger partial charge on any atom is -0.396 e. The number of anilines is 1. The highest BCUT2D eigenvalue weighted by molar-refractivity contribution is 7.22. The zero-order valence-corrected chi connectivity index (χ0v) is 10.3. The maximum absolute atomic E-state index is 12.6. The highest BCUT2D eigenvalue weighted by Gasteiger charge is 2.30. The van der Waals surface area contributed by atoms with Crippen LogP contribution in [0.15, 0.2) is 30.5 Å². The molecule has 0 bridgehead atoms. The number of nitrogen functional groups attached to an aromatic ring is 1. The Kier molecular flexibility index (Phi) is 2.53. The molecule has 3 aromatic rings. The molecule has 0 aliphatic rings. The second-order valence-corrected chi connectivity index (χ2v) is 5.15. The number of hydrogen-bond acceptors (Lipinski definition) is 3. The molecule has 0 unspecified atom stereocenters. The van der Waals surface area contributed by atoms with Crippen LogP contribution in [-0.4, -0.2) is 10.2 Å². The summed E-state index contributed by atoms with van der Waals surface area (Å²) in [6, 6.07) is 5.37. The molecule has 1 aromatic carbocycles. The standard InChI is InChI=1S/C12H8F3N3S/c13-12(14,15)7-1-2-9-6(3-7)4-10(19-9)11-8(16)5-17-18-11/h1-5H,16H2,(H,17,18). The number of thiophene rings is 1. The van der Waals surface area contributed by atoms with E-state index in [1.54, 1.807) is 6.07 Å². The number of nitrogens with one attached hydrogen (secondary N) is 1. The summed E-state index contributed by atoms with van der Waals surface area (Å²) in [5.74, 6) is 0. The van der Waals surface area contributed by atoms with Gasteiger partial charge in [0.05, 0.1) is 28.0 Å². The van der Waals surface area contributed by atoms with Gasteiger partial charge in [-0.2, -0.15) is 18.3 Å². The van der Waals surface area contributed by atoms with Crippen LogP contribution in [0.2, 0.25) is 0 Å². The van der Waals surface area contributed by atoms with Crippen LogP contribution in [0.1, 0.15) is 5.56 Å². The van der Waals surface area contributed by atoms with E-state index in [4.69, 9.17) is 5.73 Å². The van der Waals surface area contributed by atoms with Crippen LogP contribution in [0.4, 0.5) is 18.9 Å². The van der Waals surface area contributed by atoms with E-state index >= 15 is 0 Å². The van der Waals surface area contributed by atoms with E-state index in [1.807, 2.05) is 0 Å². The predicted octanol–water partition coefficient (Wildman–Crippen LogP) is 3.89. The fraction of sp³-hybridized carbons (Fsp3) is 0.0833. The van der Waals surface area contributed by atoms with Gasteiger partial charge in [-0.25, -0.2) is 0 Å². The first-order valence-corrected chi connectivity index (χ1v) is 6.17. The third-order valence-corrected chi connectivity index (χ3v) is 3.89. The van der Waals surface area contributed by atoms with Gasteiger partial charge in [0.2, 0.25) is 0 Å². The number of nitrogens with zero attached hydrogens (tertiary/aromatic N) is 1. The average Bonchev–Trinajstić information content (AvgIpc) is 2.91. The lowest BCUT2D eigenvalue weighted by atomic mass is 10.1. The normalized spacial score (nSPS) is 12.2. The Morgan fingerprint density at radius 2 is 2.00 bits per heavy atom. The molecule has 0 aliphatic carbocycles. The van der Waals surface area contributed by atoms with Crippen molar-refractivity contribution in [3.63, 3.8) is 0 Å². The van der Waals surface area contributed by atoms with Crippen molar-refractivity contribution in [1.82, 2.24) is 10.2 Å². The van der Waals surface area contributed by atoms with Gasteiger partial charge in [-0.1, -0.05) is 0 Å². The molecule has 0 saturated heterocycles. The highest BCUT2D eigenvalue weighted by Crippen LogP contribution is 2.38. The second-order valence-electron chi connectivity index (χ2n) is 4.06. The Labute approximate surface area is 109 Å². The minimum atomic E-state index is -4.33. The number of fused-ring (bicyclic) bond motifs is 1. The zero-order valence-electron chi connectivity index (χ0n) is 9.45. The van der Waals surface area contributed by atoms with Gasteiger partial charge in [0, 0.05) is 4.70 Å². The van der Waals surface area contributed by atoms with Crippen molar-refractivity contribution in [3.05, 3.63) is 36.0 Å². The third kappa shape index (κ3) is 2.06. The molecule has 0 fully saturated rings. The number of hydrogen-bond donors (Lipinski definition) is 2. The van der Waals surface area contributed by atoms with E-state index in [0.717, 1.165) is 21.7 Å². The van der Waals surface area contributed by atoms with Gasteiger partial charge >= 0.3 is 6.18 Å². The monoisotopic (exact) mass is 283 g/mol. The Hall–Kier alpha value is -2.02. The summed E-state index contributed by atoms with van der Waals surface area (Å²) < 4.78 is 38.7. The van der Waals surface area contributed by atoms with Crippen LogP contribution in [0.3, 0.4) is 0 Å². The lowest BCUT2D eigenvalue weighted by Gasteiger charge is -2.05. The number of nitrogens with two attached hydrogens (primary N) is 1. The molecule has 19 heavy (non-hydrogen) atoms. The van der Waals surface area contributed by atoms with Crippen LogP contribution in [-0.2, 0) is 6.18 Å². The minimum absolute atomic E-state index is 0.475. The summed E-state index contributed by atoms with van der Waals surface area (Å²) in [5, 5.41) is 7.09. The Morgan fingerprint density at radius 3 is 2.63 bits per heavy atom. The van der Waals surface area contributed by atoms with E-state index in [-0.39, 0.29) is 0 Å². The van der Waals surface area contributed by atoms with Crippen LogP contribution in [0.25, 0.3) is 20.7 Å². The molecule has 0 radical (unpaired) electrons. The van der Waals surface area contributed by atoms with Crippen molar-refractivity contribution in [2.75, 3.05) is 5.73 Å². The molecule has 0 aliphatic heterocycles. The van der Waals surface area contributed by atoms with Gasteiger partial charge in [-0.15, -0.1) is 11.3 Å². The molecule has 0 amide bonds. The first kappa shape index (κ1) is 12.0.